The van der Waals surface area contributed by atoms with Crippen LogP contribution < -0.4 is 5.32 Å². The molecule has 0 saturated heterocycles. The number of nitro groups is 1. The summed E-state index contributed by atoms with van der Waals surface area (Å²) in [6, 6.07) is 6.09. The van der Waals surface area contributed by atoms with Gasteiger partial charge in [0.1, 0.15) is 0 Å². The summed E-state index contributed by atoms with van der Waals surface area (Å²) in [5.41, 5.74) is 0.758. The first-order valence-corrected chi connectivity index (χ1v) is 7.45. The molecule has 0 radical (unpaired) electrons. The number of fused-ring (bicyclic) bond motifs is 2. The molecular formula is C16H20N2O3. The van der Waals surface area contributed by atoms with Gasteiger partial charge in [0.15, 0.2) is 0 Å². The monoisotopic (exact) mass is 288 g/mol. The molecule has 2 aliphatic carbocycles. The van der Waals surface area contributed by atoms with Crippen LogP contribution in [-0.2, 0) is 0 Å². The minimum atomic E-state index is -0.625. The average Bonchev–Trinajstić information content (AvgIpc) is 3.10. The SMILES string of the molecule is O=[N+]([O-])c1ccc(C(O)CNCC2CC3C=CC2C3)cc1. The molecule has 0 amide bonds. The van der Waals surface area contributed by atoms with E-state index in [0.29, 0.717) is 23.9 Å². The molecule has 1 fully saturated rings. The standard InChI is InChI=1S/C16H20N2O3/c19-16(12-3-5-15(6-4-12)18(20)21)10-17-9-14-8-11-1-2-13(14)7-11/h1-6,11,13-14,16-17,19H,7-10H2. The van der Waals surface area contributed by atoms with Gasteiger partial charge >= 0.3 is 0 Å². The minimum absolute atomic E-state index is 0.0488. The molecular weight excluding hydrogens is 268 g/mol. The van der Waals surface area contributed by atoms with Crippen LogP contribution in [0.4, 0.5) is 5.69 Å². The second kappa shape index (κ2) is 5.95. The Bertz CT molecular complexity index is 541. The van der Waals surface area contributed by atoms with E-state index in [9.17, 15) is 15.2 Å². The Hall–Kier alpha value is -1.72. The van der Waals surface area contributed by atoms with E-state index in [1.165, 1.54) is 25.0 Å². The molecule has 2 bridgehead atoms. The first-order chi connectivity index (χ1) is 10.1. The Morgan fingerprint density at radius 3 is 2.62 bits per heavy atom. The van der Waals surface area contributed by atoms with Gasteiger partial charge in [-0.1, -0.05) is 12.2 Å². The molecule has 3 rings (SSSR count). The molecule has 4 atom stereocenters. The van der Waals surface area contributed by atoms with Crippen LogP contribution in [0.15, 0.2) is 36.4 Å². The first kappa shape index (κ1) is 14.2. The Labute approximate surface area is 123 Å². The summed E-state index contributed by atoms with van der Waals surface area (Å²) in [5, 5.41) is 24.0. The molecule has 112 valence electrons. The normalized spacial score (nSPS) is 28.0. The van der Waals surface area contributed by atoms with Crippen LogP contribution in [0.5, 0.6) is 0 Å². The number of hydrogen-bond donors (Lipinski definition) is 2. The lowest BCUT2D eigenvalue weighted by atomic mass is 9.93. The molecule has 0 heterocycles. The summed E-state index contributed by atoms with van der Waals surface area (Å²) in [5.74, 6) is 2.16. The van der Waals surface area contributed by atoms with Gasteiger partial charge in [-0.15, -0.1) is 0 Å². The summed E-state index contributed by atoms with van der Waals surface area (Å²) >= 11 is 0. The van der Waals surface area contributed by atoms with E-state index in [1.54, 1.807) is 12.1 Å². The number of nitrogens with one attached hydrogen (secondary N) is 1. The number of aliphatic hydroxyl groups is 1. The Kier molecular flexibility index (Phi) is 4.03. The van der Waals surface area contributed by atoms with E-state index < -0.39 is 11.0 Å². The Morgan fingerprint density at radius 1 is 1.29 bits per heavy atom. The van der Waals surface area contributed by atoms with Crippen molar-refractivity contribution in [2.75, 3.05) is 13.1 Å². The van der Waals surface area contributed by atoms with Crippen molar-refractivity contribution in [3.05, 3.63) is 52.1 Å². The third kappa shape index (κ3) is 3.14. The second-order valence-electron chi connectivity index (χ2n) is 6.06. The lowest BCUT2D eigenvalue weighted by molar-refractivity contribution is -0.384. The number of allylic oxidation sites excluding steroid dienone is 2. The predicted molar refractivity (Wildman–Crippen MR) is 79.8 cm³/mol. The van der Waals surface area contributed by atoms with Crippen molar-refractivity contribution in [3.63, 3.8) is 0 Å². The van der Waals surface area contributed by atoms with Crippen LogP contribution in [0.2, 0.25) is 0 Å². The van der Waals surface area contributed by atoms with Crippen molar-refractivity contribution >= 4 is 5.69 Å². The zero-order valence-corrected chi connectivity index (χ0v) is 11.8. The second-order valence-corrected chi connectivity index (χ2v) is 6.06. The largest absolute Gasteiger partial charge is 0.387 e. The quantitative estimate of drug-likeness (QED) is 0.479. The number of aliphatic hydroxyl groups excluding tert-OH is 1. The molecule has 21 heavy (non-hydrogen) atoms. The fourth-order valence-corrected chi connectivity index (χ4v) is 3.47. The van der Waals surface area contributed by atoms with E-state index >= 15 is 0 Å². The zero-order chi connectivity index (χ0) is 14.8. The van der Waals surface area contributed by atoms with Gasteiger partial charge in [-0.3, -0.25) is 10.1 Å². The van der Waals surface area contributed by atoms with Crippen LogP contribution in [0.25, 0.3) is 0 Å². The van der Waals surface area contributed by atoms with Gasteiger partial charge in [0.2, 0.25) is 0 Å². The topological polar surface area (TPSA) is 75.4 Å². The Morgan fingerprint density at radius 2 is 2.05 bits per heavy atom. The van der Waals surface area contributed by atoms with Gasteiger partial charge in [-0.2, -0.15) is 0 Å². The van der Waals surface area contributed by atoms with Crippen molar-refractivity contribution in [3.8, 4) is 0 Å². The minimum Gasteiger partial charge on any atom is -0.387 e. The summed E-state index contributed by atoms with van der Waals surface area (Å²) < 4.78 is 0. The maximum Gasteiger partial charge on any atom is 0.269 e. The van der Waals surface area contributed by atoms with Gasteiger partial charge in [-0.25, -0.2) is 0 Å². The highest BCUT2D eigenvalue weighted by atomic mass is 16.6. The molecule has 0 spiro atoms. The molecule has 4 unspecified atom stereocenters. The molecule has 1 saturated carbocycles. The van der Waals surface area contributed by atoms with Gasteiger partial charge in [0.25, 0.3) is 5.69 Å². The number of non-ortho nitro benzene ring substituents is 1. The van der Waals surface area contributed by atoms with E-state index in [4.69, 9.17) is 0 Å². The van der Waals surface area contributed by atoms with E-state index in [1.807, 2.05) is 0 Å². The van der Waals surface area contributed by atoms with Crippen molar-refractivity contribution in [1.82, 2.24) is 5.32 Å². The number of benzene rings is 1. The van der Waals surface area contributed by atoms with Crippen LogP contribution in [0.3, 0.4) is 0 Å². The first-order valence-electron chi connectivity index (χ1n) is 7.45. The molecule has 0 aromatic heterocycles. The van der Waals surface area contributed by atoms with Gasteiger partial charge < -0.3 is 10.4 Å². The number of hydrogen-bond acceptors (Lipinski definition) is 4. The highest BCUT2D eigenvalue weighted by molar-refractivity contribution is 5.33. The summed E-state index contributed by atoms with van der Waals surface area (Å²) in [7, 11) is 0. The van der Waals surface area contributed by atoms with E-state index in [2.05, 4.69) is 17.5 Å². The lowest BCUT2D eigenvalue weighted by Crippen LogP contribution is -2.29. The molecule has 2 N–H and O–H groups in total. The predicted octanol–water partition coefficient (Wildman–Crippen LogP) is 2.43. The lowest BCUT2D eigenvalue weighted by Gasteiger charge is -2.20. The number of nitrogens with zero attached hydrogens (tertiary/aromatic N) is 1. The number of nitro benzene ring substituents is 1. The van der Waals surface area contributed by atoms with E-state index in [-0.39, 0.29) is 5.69 Å². The van der Waals surface area contributed by atoms with Crippen molar-refractivity contribution in [1.29, 1.82) is 0 Å². The van der Waals surface area contributed by atoms with Gasteiger partial charge in [0, 0.05) is 18.7 Å². The van der Waals surface area contributed by atoms with Crippen molar-refractivity contribution in [2.45, 2.75) is 18.9 Å². The molecule has 5 nitrogen and oxygen atoms in total. The highest BCUT2D eigenvalue weighted by Gasteiger charge is 2.35. The summed E-state index contributed by atoms with van der Waals surface area (Å²) in [4.78, 5) is 10.2. The smallest absolute Gasteiger partial charge is 0.269 e. The summed E-state index contributed by atoms with van der Waals surface area (Å²) in [6.45, 7) is 1.41. The fourth-order valence-electron chi connectivity index (χ4n) is 3.47. The van der Waals surface area contributed by atoms with Crippen LogP contribution in [-0.4, -0.2) is 23.1 Å². The molecule has 0 aliphatic heterocycles. The molecule has 5 heteroatoms. The maximum atomic E-state index is 10.6. The van der Waals surface area contributed by atoms with Gasteiger partial charge in [0.05, 0.1) is 11.0 Å². The van der Waals surface area contributed by atoms with Crippen molar-refractivity contribution in [2.24, 2.45) is 17.8 Å². The molecule has 1 aromatic rings. The summed E-state index contributed by atoms with van der Waals surface area (Å²) in [6.07, 6.45) is 6.57. The Balaban J connectivity index is 1.46. The third-order valence-electron chi connectivity index (χ3n) is 4.65. The zero-order valence-electron chi connectivity index (χ0n) is 11.8. The number of rotatable bonds is 6. The average molecular weight is 288 g/mol. The molecule has 2 aliphatic rings. The van der Waals surface area contributed by atoms with Gasteiger partial charge in [-0.05, 0) is 54.8 Å². The fraction of sp³-hybridized carbons (Fsp3) is 0.500. The van der Waals surface area contributed by atoms with Crippen molar-refractivity contribution < 1.29 is 10.0 Å². The third-order valence-corrected chi connectivity index (χ3v) is 4.65. The highest BCUT2D eigenvalue weighted by Crippen LogP contribution is 2.42. The van der Waals surface area contributed by atoms with Crippen LogP contribution >= 0.6 is 0 Å². The van der Waals surface area contributed by atoms with Crippen LogP contribution in [0.1, 0.15) is 24.5 Å². The molecule has 1 aromatic carbocycles. The maximum absolute atomic E-state index is 10.6. The van der Waals surface area contributed by atoms with Crippen LogP contribution in [0, 0.1) is 27.9 Å². The van der Waals surface area contributed by atoms with E-state index in [0.717, 1.165) is 12.5 Å².